The monoisotopic (exact) mass is 473 g/mol. The minimum absolute atomic E-state index is 0.136. The molecular weight excluding hydrogens is 443 g/mol. The van der Waals surface area contributed by atoms with Crippen LogP contribution < -0.4 is 16.0 Å². The van der Waals surface area contributed by atoms with Gasteiger partial charge in [0.2, 0.25) is 5.91 Å². The number of hydrogen-bond donors (Lipinski definition) is 4. The fourth-order valence-electron chi connectivity index (χ4n) is 3.60. The Morgan fingerprint density at radius 1 is 1.30 bits per heavy atom. The number of alkyl carbamates (subject to hydrolysis) is 1. The van der Waals surface area contributed by atoms with Crippen LogP contribution in [0.1, 0.15) is 50.6 Å². The molecule has 0 radical (unpaired) electrons. The molecule has 1 aromatic carbocycles. The quantitative estimate of drug-likeness (QED) is 0.372. The van der Waals surface area contributed by atoms with Crippen LogP contribution in [0.5, 0.6) is 0 Å². The molecule has 1 aliphatic heterocycles. The molecule has 2 rings (SSSR count). The van der Waals surface area contributed by atoms with Crippen molar-refractivity contribution in [3.8, 4) is 0 Å². The highest BCUT2D eigenvalue weighted by molar-refractivity contribution is 5.84. The van der Waals surface area contributed by atoms with E-state index in [9.17, 15) is 32.7 Å². The zero-order valence-corrected chi connectivity index (χ0v) is 18.4. The first-order chi connectivity index (χ1) is 15.7. The SMILES string of the molecule is CCCC[C@H](OC(=O)NC(c1cccc(F)c1)C(F)F)C(=O)N[C@H](CO)C[C@@H]1CCNC1=O. The first-order valence-corrected chi connectivity index (χ1v) is 10.9. The van der Waals surface area contributed by atoms with E-state index in [0.717, 1.165) is 12.1 Å². The van der Waals surface area contributed by atoms with Crippen molar-refractivity contribution in [1.82, 2.24) is 16.0 Å². The van der Waals surface area contributed by atoms with E-state index in [1.54, 1.807) is 0 Å². The van der Waals surface area contributed by atoms with Crippen molar-refractivity contribution in [2.75, 3.05) is 13.2 Å². The molecule has 1 aliphatic rings. The van der Waals surface area contributed by atoms with Crippen LogP contribution in [0, 0.1) is 11.7 Å². The molecule has 1 fully saturated rings. The second-order valence-electron chi connectivity index (χ2n) is 7.95. The van der Waals surface area contributed by atoms with Crippen molar-refractivity contribution in [1.29, 1.82) is 0 Å². The Morgan fingerprint density at radius 2 is 2.06 bits per heavy atom. The second kappa shape index (κ2) is 13.0. The van der Waals surface area contributed by atoms with Gasteiger partial charge in [-0.25, -0.2) is 18.0 Å². The van der Waals surface area contributed by atoms with E-state index < -0.39 is 49.0 Å². The average molecular weight is 473 g/mol. The topological polar surface area (TPSA) is 117 Å². The molecule has 11 heteroatoms. The maximum Gasteiger partial charge on any atom is 0.408 e. The molecule has 184 valence electrons. The first kappa shape index (κ1) is 26.4. The number of carbonyl (C=O) groups excluding carboxylic acids is 3. The van der Waals surface area contributed by atoms with Gasteiger partial charge in [-0.1, -0.05) is 25.5 Å². The number of benzene rings is 1. The number of amides is 3. The van der Waals surface area contributed by atoms with Crippen molar-refractivity contribution < 1.29 is 37.4 Å². The Balaban J connectivity index is 2.02. The van der Waals surface area contributed by atoms with Gasteiger partial charge >= 0.3 is 6.09 Å². The van der Waals surface area contributed by atoms with Crippen LogP contribution in [-0.4, -0.2) is 54.7 Å². The number of aliphatic hydroxyl groups is 1. The van der Waals surface area contributed by atoms with Crippen LogP contribution in [0.15, 0.2) is 24.3 Å². The predicted molar refractivity (Wildman–Crippen MR) is 113 cm³/mol. The van der Waals surface area contributed by atoms with Gasteiger partial charge < -0.3 is 25.8 Å². The molecule has 8 nitrogen and oxygen atoms in total. The van der Waals surface area contributed by atoms with Gasteiger partial charge in [-0.15, -0.1) is 0 Å². The molecule has 4 N–H and O–H groups in total. The van der Waals surface area contributed by atoms with Crippen molar-refractivity contribution in [3.63, 3.8) is 0 Å². The molecule has 0 spiro atoms. The molecule has 1 heterocycles. The summed E-state index contributed by atoms with van der Waals surface area (Å²) < 4.78 is 45.5. The van der Waals surface area contributed by atoms with Crippen molar-refractivity contribution in [2.24, 2.45) is 5.92 Å². The highest BCUT2D eigenvalue weighted by Gasteiger charge is 2.31. The molecule has 0 aromatic heterocycles. The smallest absolute Gasteiger partial charge is 0.408 e. The summed E-state index contributed by atoms with van der Waals surface area (Å²) in [6.45, 7) is 1.96. The molecular formula is C22H30F3N3O5. The van der Waals surface area contributed by atoms with Gasteiger partial charge in [-0.3, -0.25) is 9.59 Å². The lowest BCUT2D eigenvalue weighted by Crippen LogP contribution is -2.47. The second-order valence-corrected chi connectivity index (χ2v) is 7.95. The summed E-state index contributed by atoms with van der Waals surface area (Å²) in [5.41, 5.74) is -0.147. The van der Waals surface area contributed by atoms with Gasteiger partial charge in [-0.2, -0.15) is 0 Å². The van der Waals surface area contributed by atoms with Gasteiger partial charge in [0.15, 0.2) is 6.10 Å². The Morgan fingerprint density at radius 3 is 2.64 bits per heavy atom. The fraction of sp³-hybridized carbons (Fsp3) is 0.591. The maximum absolute atomic E-state index is 13.5. The largest absolute Gasteiger partial charge is 0.436 e. The molecule has 4 atom stereocenters. The van der Waals surface area contributed by atoms with E-state index >= 15 is 0 Å². The van der Waals surface area contributed by atoms with Crippen molar-refractivity contribution in [3.05, 3.63) is 35.6 Å². The van der Waals surface area contributed by atoms with E-state index in [-0.39, 0.29) is 30.2 Å². The van der Waals surface area contributed by atoms with E-state index in [0.29, 0.717) is 25.8 Å². The van der Waals surface area contributed by atoms with E-state index in [4.69, 9.17) is 4.74 Å². The Labute approximate surface area is 190 Å². The number of nitrogens with one attached hydrogen (secondary N) is 3. The number of unbranched alkanes of at least 4 members (excludes halogenated alkanes) is 1. The first-order valence-electron chi connectivity index (χ1n) is 10.9. The number of aliphatic hydroxyl groups excluding tert-OH is 1. The van der Waals surface area contributed by atoms with Crippen LogP contribution in [0.4, 0.5) is 18.0 Å². The molecule has 1 aromatic rings. The van der Waals surface area contributed by atoms with E-state index in [1.165, 1.54) is 12.1 Å². The van der Waals surface area contributed by atoms with Gasteiger partial charge in [0.25, 0.3) is 12.3 Å². The van der Waals surface area contributed by atoms with Crippen LogP contribution >= 0.6 is 0 Å². The summed E-state index contributed by atoms with van der Waals surface area (Å²) in [6, 6.07) is 1.89. The predicted octanol–water partition coefficient (Wildman–Crippen LogP) is 2.42. The molecule has 0 bridgehead atoms. The normalized spacial score (nSPS) is 18.4. The standard InChI is InChI=1S/C22H30F3N3O5/c1-2-3-7-17(21(31)27-16(12-29)11-14-8-9-26-20(14)30)33-22(32)28-18(19(24)25)13-5-4-6-15(23)10-13/h4-6,10,14,16-19,29H,2-3,7-9,11-12H2,1H3,(H,26,30)(H,27,31)(H,28,32)/t14-,16-,17-,18?/m0/s1. The lowest BCUT2D eigenvalue weighted by atomic mass is 9.98. The zero-order chi connectivity index (χ0) is 24.4. The number of hydrogen-bond acceptors (Lipinski definition) is 5. The third kappa shape index (κ3) is 8.23. The van der Waals surface area contributed by atoms with Crippen LogP contribution in [-0.2, 0) is 14.3 Å². The molecule has 0 aliphatic carbocycles. The Kier molecular flexibility index (Phi) is 10.4. The minimum Gasteiger partial charge on any atom is -0.436 e. The maximum atomic E-state index is 13.5. The summed E-state index contributed by atoms with van der Waals surface area (Å²) in [6.07, 6.45) is -3.45. The van der Waals surface area contributed by atoms with E-state index in [2.05, 4.69) is 10.6 Å². The fourth-order valence-corrected chi connectivity index (χ4v) is 3.60. The third-order valence-electron chi connectivity index (χ3n) is 5.39. The van der Waals surface area contributed by atoms with Crippen LogP contribution in [0.2, 0.25) is 0 Å². The number of ether oxygens (including phenoxy) is 1. The van der Waals surface area contributed by atoms with Gasteiger partial charge in [0, 0.05) is 12.5 Å². The summed E-state index contributed by atoms with van der Waals surface area (Å²) in [5.74, 6) is -1.94. The van der Waals surface area contributed by atoms with E-state index in [1.807, 2.05) is 12.2 Å². The van der Waals surface area contributed by atoms with Crippen LogP contribution in [0.25, 0.3) is 0 Å². The Bertz CT molecular complexity index is 811. The molecule has 33 heavy (non-hydrogen) atoms. The van der Waals surface area contributed by atoms with Crippen molar-refractivity contribution in [2.45, 2.75) is 63.6 Å². The number of alkyl halides is 2. The van der Waals surface area contributed by atoms with Gasteiger partial charge in [-0.05, 0) is 43.4 Å². The molecule has 0 saturated carbocycles. The highest BCUT2D eigenvalue weighted by Crippen LogP contribution is 2.22. The zero-order valence-electron chi connectivity index (χ0n) is 18.4. The molecule has 3 amide bonds. The number of carbonyl (C=O) groups is 3. The van der Waals surface area contributed by atoms with Gasteiger partial charge in [0.1, 0.15) is 11.9 Å². The summed E-state index contributed by atoms with van der Waals surface area (Å²) in [5, 5.41) is 16.9. The summed E-state index contributed by atoms with van der Waals surface area (Å²) >= 11 is 0. The van der Waals surface area contributed by atoms with Crippen LogP contribution in [0.3, 0.4) is 0 Å². The third-order valence-corrected chi connectivity index (χ3v) is 5.39. The average Bonchev–Trinajstić information content (AvgIpc) is 3.18. The Hall–Kier alpha value is -2.82. The molecule has 1 unspecified atom stereocenters. The lowest BCUT2D eigenvalue weighted by molar-refractivity contribution is -0.131. The number of rotatable bonds is 12. The number of halogens is 3. The minimum atomic E-state index is -3.04. The van der Waals surface area contributed by atoms with Gasteiger partial charge in [0.05, 0.1) is 12.6 Å². The highest BCUT2D eigenvalue weighted by atomic mass is 19.3. The summed E-state index contributed by atoms with van der Waals surface area (Å²) in [7, 11) is 0. The van der Waals surface area contributed by atoms with Crippen molar-refractivity contribution >= 4 is 17.9 Å². The lowest BCUT2D eigenvalue weighted by Gasteiger charge is -2.24. The summed E-state index contributed by atoms with van der Waals surface area (Å²) in [4.78, 5) is 36.8. The molecule has 1 saturated heterocycles.